The van der Waals surface area contributed by atoms with E-state index in [0.29, 0.717) is 0 Å². The molecule has 0 heterocycles. The predicted molar refractivity (Wildman–Crippen MR) is 60.2 cm³/mol. The molecule has 66 valence electrons. The van der Waals surface area contributed by atoms with Gasteiger partial charge in [-0.05, 0) is 23.3 Å². The summed E-state index contributed by atoms with van der Waals surface area (Å²) in [7, 11) is 0. The Balaban J connectivity index is 0.000000980. The summed E-state index contributed by atoms with van der Waals surface area (Å²) in [5.74, 6) is 0. The molecular weight excluding hydrogens is 309 g/mol. The second-order valence-corrected chi connectivity index (χ2v) is 3.43. The van der Waals surface area contributed by atoms with E-state index in [2.05, 4.69) is 36.9 Å². The molecule has 0 radical (unpaired) electrons. The van der Waals surface area contributed by atoms with Gasteiger partial charge < -0.3 is 1.43 Å². The minimum Gasteiger partial charge on any atom is -1.00 e. The molecule has 0 aliphatic carbocycles. The molecule has 0 amide bonds. The van der Waals surface area contributed by atoms with Crippen molar-refractivity contribution in [3.8, 4) is 11.1 Å². The van der Waals surface area contributed by atoms with Crippen LogP contribution in [0, 0.1) is 0 Å². The van der Waals surface area contributed by atoms with E-state index in [1.807, 2.05) is 30.3 Å². The quantitative estimate of drug-likeness (QED) is 0.737. The second-order valence-electron chi connectivity index (χ2n) is 2.91. The van der Waals surface area contributed by atoms with Crippen LogP contribution in [0.2, 0.25) is 0 Å². The van der Waals surface area contributed by atoms with Crippen molar-refractivity contribution < 1.29 is 70.3 Å². The molecule has 0 aliphatic heterocycles. The van der Waals surface area contributed by atoms with Crippen LogP contribution in [0.4, 0.5) is 0 Å². The van der Waals surface area contributed by atoms with Crippen LogP contribution in [0.5, 0.6) is 0 Å². The van der Waals surface area contributed by atoms with E-state index in [-0.39, 0.29) is 70.3 Å². The van der Waals surface area contributed by atoms with Gasteiger partial charge in [-0.25, -0.2) is 0 Å². The van der Waals surface area contributed by atoms with Crippen LogP contribution in [0.15, 0.2) is 59.5 Å². The van der Waals surface area contributed by atoms with Crippen LogP contribution in [-0.2, 0) is 0 Å². The van der Waals surface area contributed by atoms with E-state index in [1.165, 1.54) is 11.1 Å². The summed E-state index contributed by atoms with van der Waals surface area (Å²) < 4.78 is 0. The maximum atomic E-state index is 4.24. The fourth-order valence-corrected chi connectivity index (χ4v) is 1.43. The van der Waals surface area contributed by atoms with Gasteiger partial charge in [-0.2, -0.15) is 0 Å². The molecule has 0 aliphatic rings. The Morgan fingerprint density at radius 1 is 0.714 bits per heavy atom. The van der Waals surface area contributed by atoms with Gasteiger partial charge in [0.05, 0.1) is 0 Å². The first-order valence-electron chi connectivity index (χ1n) is 4.21. The Hall–Kier alpha value is 0.842. The molecule has 0 fully saturated rings. The van der Waals surface area contributed by atoms with Crippen LogP contribution in [0.3, 0.4) is 0 Å². The van der Waals surface area contributed by atoms with Crippen molar-refractivity contribution >= 4 is 12.6 Å². The topological polar surface area (TPSA) is 0 Å². The third-order valence-corrected chi connectivity index (χ3v) is 2.27. The normalized spacial score (nSPS) is 9.21. The van der Waals surface area contributed by atoms with Gasteiger partial charge in [-0.3, -0.25) is 0 Å². The second kappa shape index (κ2) is 6.43. The molecular formula is C12H11CsS. The minimum absolute atomic E-state index is 0. The van der Waals surface area contributed by atoms with Crippen molar-refractivity contribution in [2.24, 2.45) is 0 Å². The largest absolute Gasteiger partial charge is 1.00 e. The zero-order valence-electron chi connectivity index (χ0n) is 9.14. The Morgan fingerprint density at radius 2 is 1.21 bits per heavy atom. The van der Waals surface area contributed by atoms with Crippen LogP contribution < -0.4 is 68.9 Å². The van der Waals surface area contributed by atoms with Crippen LogP contribution in [0.25, 0.3) is 11.1 Å². The van der Waals surface area contributed by atoms with E-state index >= 15 is 0 Å². The summed E-state index contributed by atoms with van der Waals surface area (Å²) in [5.41, 5.74) is 2.48. The standard InChI is InChI=1S/C12H10S.Cs.H/c13-12-8-6-11(7-9-12)10-4-2-1-3-5-10;;/h1-9,13H;;/q;+1;-1. The molecule has 0 N–H and O–H groups in total. The maximum absolute atomic E-state index is 4.24. The Morgan fingerprint density at radius 3 is 1.79 bits per heavy atom. The van der Waals surface area contributed by atoms with Crippen molar-refractivity contribution in [3.05, 3.63) is 54.6 Å². The van der Waals surface area contributed by atoms with Gasteiger partial charge in [0.15, 0.2) is 0 Å². The SMILES string of the molecule is Sc1ccc(-c2ccccc2)cc1.[Cs+].[H-]. The zero-order chi connectivity index (χ0) is 9.10. The van der Waals surface area contributed by atoms with Crippen molar-refractivity contribution in [3.63, 3.8) is 0 Å². The third kappa shape index (κ3) is 3.45. The van der Waals surface area contributed by atoms with E-state index < -0.39 is 0 Å². The maximum Gasteiger partial charge on any atom is 1.00 e. The predicted octanol–water partition coefficient (Wildman–Crippen LogP) is 0.759. The Kier molecular flexibility index (Phi) is 5.93. The fraction of sp³-hybridized carbons (Fsp3) is 0. The van der Waals surface area contributed by atoms with Crippen LogP contribution >= 0.6 is 12.6 Å². The molecule has 14 heavy (non-hydrogen) atoms. The average molecular weight is 320 g/mol. The van der Waals surface area contributed by atoms with Crippen molar-refractivity contribution in [1.82, 2.24) is 0 Å². The van der Waals surface area contributed by atoms with E-state index in [4.69, 9.17) is 0 Å². The summed E-state index contributed by atoms with van der Waals surface area (Å²) in [4.78, 5) is 1.000. The van der Waals surface area contributed by atoms with Gasteiger partial charge >= 0.3 is 68.9 Å². The summed E-state index contributed by atoms with van der Waals surface area (Å²) in [5, 5.41) is 0. The summed E-state index contributed by atoms with van der Waals surface area (Å²) in [6.45, 7) is 0. The van der Waals surface area contributed by atoms with Gasteiger partial charge in [0.2, 0.25) is 0 Å². The van der Waals surface area contributed by atoms with Crippen molar-refractivity contribution in [1.29, 1.82) is 0 Å². The van der Waals surface area contributed by atoms with Gasteiger partial charge in [-0.1, -0.05) is 42.5 Å². The van der Waals surface area contributed by atoms with Crippen LogP contribution in [0.1, 0.15) is 1.43 Å². The van der Waals surface area contributed by atoms with Gasteiger partial charge in [-0.15, -0.1) is 12.6 Å². The van der Waals surface area contributed by atoms with E-state index in [0.717, 1.165) is 4.90 Å². The first-order chi connectivity index (χ1) is 6.36. The molecule has 2 rings (SSSR count). The number of hydrogen-bond acceptors (Lipinski definition) is 1. The molecule has 0 unspecified atom stereocenters. The molecule has 0 aromatic heterocycles. The first-order valence-corrected chi connectivity index (χ1v) is 4.65. The molecule has 2 heteroatoms. The van der Waals surface area contributed by atoms with E-state index in [1.54, 1.807) is 0 Å². The smallest absolute Gasteiger partial charge is 1.00 e. The van der Waals surface area contributed by atoms with Crippen LogP contribution in [-0.4, -0.2) is 0 Å². The summed E-state index contributed by atoms with van der Waals surface area (Å²) in [6, 6.07) is 18.5. The number of hydrogen-bond donors (Lipinski definition) is 1. The van der Waals surface area contributed by atoms with Crippen molar-refractivity contribution in [2.75, 3.05) is 0 Å². The molecule has 0 saturated heterocycles. The van der Waals surface area contributed by atoms with E-state index in [9.17, 15) is 0 Å². The average Bonchev–Trinajstić information content (AvgIpc) is 2.20. The summed E-state index contributed by atoms with van der Waals surface area (Å²) in [6.07, 6.45) is 0. The minimum atomic E-state index is 0. The van der Waals surface area contributed by atoms with Crippen molar-refractivity contribution in [2.45, 2.75) is 4.90 Å². The molecule has 0 spiro atoms. The molecule has 0 nitrogen and oxygen atoms in total. The molecule has 2 aromatic carbocycles. The van der Waals surface area contributed by atoms with Gasteiger partial charge in [0.1, 0.15) is 0 Å². The Labute approximate surface area is 150 Å². The summed E-state index contributed by atoms with van der Waals surface area (Å²) >= 11 is 4.24. The Bertz CT molecular complexity index is 386. The molecule has 2 aromatic rings. The number of thiol groups is 1. The molecule has 0 bridgehead atoms. The number of rotatable bonds is 1. The molecule has 0 saturated carbocycles. The first kappa shape index (κ1) is 12.9. The monoisotopic (exact) mass is 320 g/mol. The number of benzene rings is 2. The zero-order valence-corrected chi connectivity index (χ0v) is 15.3. The molecule has 0 atom stereocenters. The third-order valence-electron chi connectivity index (χ3n) is 1.97. The van der Waals surface area contributed by atoms with Gasteiger partial charge in [0.25, 0.3) is 0 Å². The van der Waals surface area contributed by atoms with Gasteiger partial charge in [0, 0.05) is 4.90 Å². The fourth-order valence-electron chi connectivity index (χ4n) is 1.28.